The first-order chi connectivity index (χ1) is 14.4. The predicted octanol–water partition coefficient (Wildman–Crippen LogP) is 7.22. The van der Waals surface area contributed by atoms with Crippen LogP contribution < -0.4 is 4.74 Å². The van der Waals surface area contributed by atoms with Crippen LogP contribution in [0.15, 0.2) is 83.8 Å². The van der Waals surface area contributed by atoms with Crippen molar-refractivity contribution in [2.45, 2.75) is 16.8 Å². The van der Waals surface area contributed by atoms with Crippen molar-refractivity contribution in [3.8, 4) is 17.0 Å². The molecule has 4 aromatic rings. The fourth-order valence-corrected chi connectivity index (χ4v) is 4.04. The Morgan fingerprint density at radius 1 is 0.900 bits per heavy atom. The fraction of sp³-hybridized carbons (Fsp3) is 0.125. The SMILES string of the molecule is COc1cc(-c2ccc(C(F)(F)F)cc2)nc2cc(SCc3ccccc3)ccc12. The van der Waals surface area contributed by atoms with Gasteiger partial charge in [-0.25, -0.2) is 4.98 Å². The third kappa shape index (κ3) is 4.44. The van der Waals surface area contributed by atoms with Gasteiger partial charge in [0.2, 0.25) is 0 Å². The topological polar surface area (TPSA) is 22.1 Å². The second-order valence-corrected chi connectivity index (χ2v) is 7.79. The van der Waals surface area contributed by atoms with Gasteiger partial charge in [0.25, 0.3) is 0 Å². The molecule has 0 spiro atoms. The number of methoxy groups -OCH3 is 1. The van der Waals surface area contributed by atoms with Gasteiger partial charge in [-0.2, -0.15) is 13.2 Å². The van der Waals surface area contributed by atoms with Crippen molar-refractivity contribution in [2.75, 3.05) is 7.11 Å². The van der Waals surface area contributed by atoms with Gasteiger partial charge in [0, 0.05) is 27.7 Å². The third-order valence-corrected chi connectivity index (χ3v) is 5.78. The zero-order chi connectivity index (χ0) is 21.1. The smallest absolute Gasteiger partial charge is 0.416 e. The van der Waals surface area contributed by atoms with Crippen LogP contribution in [0.1, 0.15) is 11.1 Å². The van der Waals surface area contributed by atoms with E-state index in [0.29, 0.717) is 17.0 Å². The van der Waals surface area contributed by atoms with Gasteiger partial charge in [0.1, 0.15) is 5.75 Å². The normalized spacial score (nSPS) is 11.6. The summed E-state index contributed by atoms with van der Waals surface area (Å²) in [6.45, 7) is 0. The average molecular weight is 425 g/mol. The van der Waals surface area contributed by atoms with Crippen molar-refractivity contribution in [3.63, 3.8) is 0 Å². The van der Waals surface area contributed by atoms with E-state index in [4.69, 9.17) is 4.74 Å². The lowest BCUT2D eigenvalue weighted by Gasteiger charge is -2.11. The molecule has 0 bridgehead atoms. The van der Waals surface area contributed by atoms with Crippen molar-refractivity contribution >= 4 is 22.7 Å². The van der Waals surface area contributed by atoms with E-state index in [1.807, 2.05) is 36.4 Å². The lowest BCUT2D eigenvalue weighted by molar-refractivity contribution is -0.137. The van der Waals surface area contributed by atoms with Crippen LogP contribution in [0.2, 0.25) is 0 Å². The summed E-state index contributed by atoms with van der Waals surface area (Å²) in [5, 5.41) is 0.859. The number of rotatable bonds is 5. The van der Waals surface area contributed by atoms with Gasteiger partial charge < -0.3 is 4.74 Å². The molecule has 0 fully saturated rings. The van der Waals surface area contributed by atoms with Gasteiger partial charge in [-0.3, -0.25) is 0 Å². The minimum absolute atomic E-state index is 0.568. The van der Waals surface area contributed by atoms with E-state index >= 15 is 0 Å². The van der Waals surface area contributed by atoms with Crippen molar-refractivity contribution in [3.05, 3.63) is 90.0 Å². The number of pyridine rings is 1. The Morgan fingerprint density at radius 2 is 1.63 bits per heavy atom. The Morgan fingerprint density at radius 3 is 2.30 bits per heavy atom. The maximum Gasteiger partial charge on any atom is 0.416 e. The van der Waals surface area contributed by atoms with E-state index < -0.39 is 11.7 Å². The summed E-state index contributed by atoms with van der Waals surface area (Å²) < 4.78 is 44.1. The molecule has 1 heterocycles. The van der Waals surface area contributed by atoms with E-state index in [2.05, 4.69) is 17.1 Å². The molecule has 0 aliphatic carbocycles. The predicted molar refractivity (Wildman–Crippen MR) is 115 cm³/mol. The Hall–Kier alpha value is -2.99. The van der Waals surface area contributed by atoms with Gasteiger partial charge in [0.05, 0.1) is 23.9 Å². The van der Waals surface area contributed by atoms with E-state index in [1.54, 1.807) is 24.9 Å². The van der Waals surface area contributed by atoms with Crippen molar-refractivity contribution in [2.24, 2.45) is 0 Å². The van der Waals surface area contributed by atoms with Gasteiger partial charge in [0.15, 0.2) is 0 Å². The highest BCUT2D eigenvalue weighted by molar-refractivity contribution is 7.98. The molecule has 0 radical (unpaired) electrons. The Labute approximate surface area is 176 Å². The molecular formula is C24H18F3NOS. The molecule has 0 saturated carbocycles. The molecule has 0 N–H and O–H groups in total. The number of benzene rings is 3. The molecule has 0 saturated heterocycles. The summed E-state index contributed by atoms with van der Waals surface area (Å²) in [4.78, 5) is 5.75. The maximum absolute atomic E-state index is 12.9. The summed E-state index contributed by atoms with van der Waals surface area (Å²) in [6, 6.07) is 22.9. The van der Waals surface area contributed by atoms with Crippen LogP contribution in [0.4, 0.5) is 13.2 Å². The maximum atomic E-state index is 12.9. The van der Waals surface area contributed by atoms with Crippen LogP contribution in [0.25, 0.3) is 22.2 Å². The van der Waals surface area contributed by atoms with E-state index in [1.165, 1.54) is 17.7 Å². The monoisotopic (exact) mass is 425 g/mol. The molecule has 152 valence electrons. The summed E-state index contributed by atoms with van der Waals surface area (Å²) in [7, 11) is 1.57. The van der Waals surface area contributed by atoms with Crippen LogP contribution in [0.3, 0.4) is 0 Å². The lowest BCUT2D eigenvalue weighted by atomic mass is 10.1. The second kappa shape index (κ2) is 8.40. The van der Waals surface area contributed by atoms with Crippen molar-refractivity contribution in [1.29, 1.82) is 0 Å². The molecule has 6 heteroatoms. The number of hydrogen-bond acceptors (Lipinski definition) is 3. The van der Waals surface area contributed by atoms with E-state index in [9.17, 15) is 13.2 Å². The summed E-state index contributed by atoms with van der Waals surface area (Å²) in [5.41, 5.74) is 2.45. The molecule has 4 rings (SSSR count). The lowest BCUT2D eigenvalue weighted by Crippen LogP contribution is -2.04. The quantitative estimate of drug-likeness (QED) is 0.315. The standard InChI is InChI=1S/C24H18F3NOS/c1-29-23-14-21(17-7-9-18(10-8-17)24(25,26)27)28-22-13-19(11-12-20(22)23)30-15-16-5-3-2-4-6-16/h2-14H,15H2,1H3. The fourth-order valence-electron chi connectivity index (χ4n) is 3.15. The molecule has 2 nitrogen and oxygen atoms in total. The van der Waals surface area contributed by atoms with Crippen LogP contribution in [0, 0.1) is 0 Å². The number of hydrogen-bond donors (Lipinski definition) is 0. The number of fused-ring (bicyclic) bond motifs is 1. The van der Waals surface area contributed by atoms with Gasteiger partial charge in [-0.15, -0.1) is 11.8 Å². The minimum Gasteiger partial charge on any atom is -0.496 e. The molecule has 0 atom stereocenters. The zero-order valence-corrected chi connectivity index (χ0v) is 16.9. The number of nitrogens with zero attached hydrogens (tertiary/aromatic N) is 1. The summed E-state index contributed by atoms with van der Waals surface area (Å²) in [5.74, 6) is 1.47. The minimum atomic E-state index is -4.36. The highest BCUT2D eigenvalue weighted by atomic mass is 32.2. The molecule has 3 aromatic carbocycles. The van der Waals surface area contributed by atoms with E-state index in [0.717, 1.165) is 33.7 Å². The van der Waals surface area contributed by atoms with Gasteiger partial charge in [-0.1, -0.05) is 42.5 Å². The van der Waals surface area contributed by atoms with Crippen LogP contribution in [-0.4, -0.2) is 12.1 Å². The molecule has 0 amide bonds. The first-order valence-corrected chi connectivity index (χ1v) is 10.3. The van der Waals surface area contributed by atoms with Crippen LogP contribution in [0.5, 0.6) is 5.75 Å². The molecule has 1 aromatic heterocycles. The molecule has 0 aliphatic heterocycles. The molecular weight excluding hydrogens is 407 g/mol. The highest BCUT2D eigenvalue weighted by Gasteiger charge is 2.30. The van der Waals surface area contributed by atoms with Crippen LogP contribution in [-0.2, 0) is 11.9 Å². The Kier molecular flexibility index (Phi) is 5.68. The second-order valence-electron chi connectivity index (χ2n) is 6.74. The third-order valence-electron chi connectivity index (χ3n) is 4.72. The van der Waals surface area contributed by atoms with Gasteiger partial charge >= 0.3 is 6.18 Å². The largest absolute Gasteiger partial charge is 0.496 e. The Balaban J connectivity index is 1.67. The van der Waals surface area contributed by atoms with Gasteiger partial charge in [-0.05, 0) is 35.9 Å². The number of halogens is 3. The van der Waals surface area contributed by atoms with Crippen molar-refractivity contribution in [1.82, 2.24) is 4.98 Å². The number of aromatic nitrogens is 1. The molecule has 0 unspecified atom stereocenters. The number of alkyl halides is 3. The highest BCUT2D eigenvalue weighted by Crippen LogP contribution is 2.35. The van der Waals surface area contributed by atoms with Crippen LogP contribution >= 0.6 is 11.8 Å². The summed E-state index contributed by atoms with van der Waals surface area (Å²) >= 11 is 1.70. The molecule has 0 aliphatic rings. The zero-order valence-electron chi connectivity index (χ0n) is 16.1. The first-order valence-electron chi connectivity index (χ1n) is 9.27. The van der Waals surface area contributed by atoms with Crippen molar-refractivity contribution < 1.29 is 17.9 Å². The number of thioether (sulfide) groups is 1. The van der Waals surface area contributed by atoms with E-state index in [-0.39, 0.29) is 0 Å². The summed E-state index contributed by atoms with van der Waals surface area (Å²) in [6.07, 6.45) is -4.36. The molecule has 30 heavy (non-hydrogen) atoms. The average Bonchev–Trinajstić information content (AvgIpc) is 2.77. The number of ether oxygens (including phenoxy) is 1. The Bertz CT molecular complexity index is 1160. The first kappa shape index (κ1) is 20.3.